The van der Waals surface area contributed by atoms with Gasteiger partial charge in [0, 0.05) is 11.4 Å². The summed E-state index contributed by atoms with van der Waals surface area (Å²) < 4.78 is 15.5. The highest BCUT2D eigenvalue weighted by Crippen LogP contribution is 2.34. The molecule has 1 aromatic carbocycles. The summed E-state index contributed by atoms with van der Waals surface area (Å²) in [5.74, 6) is 0.970. The predicted octanol–water partition coefficient (Wildman–Crippen LogP) is 3.91. The summed E-state index contributed by atoms with van der Waals surface area (Å²) in [4.78, 5) is 13.2. The third-order valence-corrected chi connectivity index (χ3v) is 5.39. The third kappa shape index (κ3) is 4.90. The van der Waals surface area contributed by atoms with Crippen LogP contribution >= 0.6 is 23.6 Å². The molecule has 0 bridgehead atoms. The Bertz CT molecular complexity index is 833. The molecule has 0 amide bonds. The van der Waals surface area contributed by atoms with Crippen LogP contribution in [0.1, 0.15) is 33.3 Å². The monoisotopic (exact) mass is 408 g/mol. The largest absolute Gasteiger partial charge is 0.493 e. The van der Waals surface area contributed by atoms with Crippen molar-refractivity contribution in [3.8, 4) is 11.5 Å². The van der Waals surface area contributed by atoms with Gasteiger partial charge in [0.1, 0.15) is 5.00 Å². The number of aryl methyl sites for hydroxylation is 1. The third-order valence-electron chi connectivity index (χ3n) is 4.08. The molecule has 0 saturated heterocycles. The molecule has 6 nitrogen and oxygen atoms in total. The number of carbonyl (C=O) groups is 1. The molecule has 0 atom stereocenters. The fraction of sp³-hybridized carbons (Fsp3) is 0.368. The molecule has 1 heterocycles. The smallest absolute Gasteiger partial charge is 0.341 e. The number of carbonyl (C=O) groups excluding carboxylic acids is 1. The Morgan fingerprint density at radius 2 is 1.89 bits per heavy atom. The van der Waals surface area contributed by atoms with E-state index < -0.39 is 0 Å². The number of ether oxygens (including phenoxy) is 3. The first-order chi connectivity index (χ1) is 12.9. The molecule has 27 heavy (non-hydrogen) atoms. The van der Waals surface area contributed by atoms with Crippen LogP contribution in [0.4, 0.5) is 5.00 Å². The molecule has 146 valence electrons. The number of hydrogen-bond donors (Lipinski definition) is 2. The molecule has 1 aromatic heterocycles. The minimum atomic E-state index is -0.360. The van der Waals surface area contributed by atoms with Gasteiger partial charge in [-0.1, -0.05) is 13.0 Å². The number of methoxy groups -OCH3 is 3. The predicted molar refractivity (Wildman–Crippen MR) is 112 cm³/mol. The van der Waals surface area contributed by atoms with Crippen molar-refractivity contribution in [3.05, 3.63) is 39.8 Å². The lowest BCUT2D eigenvalue weighted by Gasteiger charge is -2.13. The molecule has 2 rings (SSSR count). The van der Waals surface area contributed by atoms with Crippen molar-refractivity contribution < 1.29 is 19.0 Å². The molecule has 8 heteroatoms. The van der Waals surface area contributed by atoms with Gasteiger partial charge in [-0.05, 0) is 48.8 Å². The van der Waals surface area contributed by atoms with Crippen LogP contribution in [-0.4, -0.2) is 32.4 Å². The lowest BCUT2D eigenvalue weighted by molar-refractivity contribution is 0.0601. The van der Waals surface area contributed by atoms with Crippen LogP contribution in [-0.2, 0) is 17.7 Å². The van der Waals surface area contributed by atoms with Crippen LogP contribution < -0.4 is 20.1 Å². The summed E-state index contributed by atoms with van der Waals surface area (Å²) in [7, 11) is 4.58. The van der Waals surface area contributed by atoms with E-state index in [0.29, 0.717) is 33.7 Å². The minimum Gasteiger partial charge on any atom is -0.493 e. The molecule has 2 N–H and O–H groups in total. The van der Waals surface area contributed by atoms with E-state index in [4.69, 9.17) is 26.4 Å². The van der Waals surface area contributed by atoms with Gasteiger partial charge >= 0.3 is 5.97 Å². The Kier molecular flexibility index (Phi) is 7.44. The van der Waals surface area contributed by atoms with Crippen molar-refractivity contribution in [3.63, 3.8) is 0 Å². The number of anilines is 1. The van der Waals surface area contributed by atoms with Gasteiger partial charge in [0.15, 0.2) is 16.6 Å². The Morgan fingerprint density at radius 1 is 1.19 bits per heavy atom. The number of rotatable bonds is 7. The van der Waals surface area contributed by atoms with Crippen LogP contribution in [0.2, 0.25) is 0 Å². The first-order valence-corrected chi connectivity index (χ1v) is 9.63. The molecule has 0 aliphatic carbocycles. The van der Waals surface area contributed by atoms with Gasteiger partial charge < -0.3 is 24.8 Å². The number of esters is 1. The van der Waals surface area contributed by atoms with Crippen LogP contribution in [0.15, 0.2) is 18.2 Å². The molecule has 0 aliphatic rings. The van der Waals surface area contributed by atoms with Gasteiger partial charge in [0.05, 0.1) is 26.9 Å². The molecule has 0 saturated carbocycles. The van der Waals surface area contributed by atoms with Crippen molar-refractivity contribution in [2.45, 2.75) is 26.8 Å². The van der Waals surface area contributed by atoms with Crippen LogP contribution in [0.5, 0.6) is 11.5 Å². The first-order valence-electron chi connectivity index (χ1n) is 8.41. The second kappa shape index (κ2) is 9.57. The van der Waals surface area contributed by atoms with Gasteiger partial charge in [-0.25, -0.2) is 4.79 Å². The van der Waals surface area contributed by atoms with E-state index in [2.05, 4.69) is 10.6 Å². The molecule has 0 radical (unpaired) electrons. The first kappa shape index (κ1) is 21.0. The minimum absolute atomic E-state index is 0.360. The summed E-state index contributed by atoms with van der Waals surface area (Å²) in [6.07, 6.45) is 0.750. The summed E-state index contributed by atoms with van der Waals surface area (Å²) in [5.41, 5.74) is 2.52. The van der Waals surface area contributed by atoms with E-state index in [0.717, 1.165) is 22.4 Å². The van der Waals surface area contributed by atoms with E-state index in [1.807, 2.05) is 32.0 Å². The Labute approximate surface area is 168 Å². The van der Waals surface area contributed by atoms with E-state index in [9.17, 15) is 4.79 Å². The SMILES string of the molecule is CCc1c(C)sc(NC(=S)NCc2ccc(OC)c(OC)c2)c1C(=O)OC. The second-order valence-corrected chi connectivity index (χ2v) is 7.32. The maximum atomic E-state index is 12.2. The molecular formula is C19H24N2O4S2. The summed E-state index contributed by atoms with van der Waals surface area (Å²) in [6, 6.07) is 5.66. The molecule has 0 spiro atoms. The fourth-order valence-electron chi connectivity index (χ4n) is 2.73. The quantitative estimate of drug-likeness (QED) is 0.532. The molecule has 0 fully saturated rings. The topological polar surface area (TPSA) is 68.8 Å². The zero-order chi connectivity index (χ0) is 20.0. The van der Waals surface area contributed by atoms with Gasteiger partial charge in [-0.15, -0.1) is 11.3 Å². The van der Waals surface area contributed by atoms with Crippen molar-refractivity contribution in [2.75, 3.05) is 26.6 Å². The number of thiocarbonyl (C=S) groups is 1. The number of thiophene rings is 1. The molecule has 0 aliphatic heterocycles. The second-order valence-electron chi connectivity index (χ2n) is 5.68. The highest BCUT2D eigenvalue weighted by molar-refractivity contribution is 7.80. The van der Waals surface area contributed by atoms with E-state index >= 15 is 0 Å². The standard InChI is InChI=1S/C19H24N2O4S2/c1-6-13-11(2)27-17(16(13)18(22)25-5)21-19(26)20-10-12-7-8-14(23-3)15(9-12)24-4/h7-9H,6,10H2,1-5H3,(H2,20,21,26). The number of benzene rings is 1. The Morgan fingerprint density at radius 3 is 2.48 bits per heavy atom. The zero-order valence-corrected chi connectivity index (χ0v) is 17.7. The van der Waals surface area contributed by atoms with Gasteiger partial charge in [-0.2, -0.15) is 0 Å². The van der Waals surface area contributed by atoms with E-state index in [-0.39, 0.29) is 5.97 Å². The molecule has 0 unspecified atom stereocenters. The highest BCUT2D eigenvalue weighted by Gasteiger charge is 2.22. The van der Waals surface area contributed by atoms with Crippen molar-refractivity contribution in [1.82, 2.24) is 5.32 Å². The summed E-state index contributed by atoms with van der Waals surface area (Å²) in [6.45, 7) is 4.50. The molecular weight excluding hydrogens is 384 g/mol. The fourth-order valence-corrected chi connectivity index (χ4v) is 4.11. The van der Waals surface area contributed by atoms with Crippen LogP contribution in [0.3, 0.4) is 0 Å². The van der Waals surface area contributed by atoms with Crippen molar-refractivity contribution >= 4 is 39.6 Å². The van der Waals surface area contributed by atoms with Crippen molar-refractivity contribution in [2.24, 2.45) is 0 Å². The van der Waals surface area contributed by atoms with E-state index in [1.54, 1.807) is 14.2 Å². The lowest BCUT2D eigenvalue weighted by Crippen LogP contribution is -2.28. The maximum Gasteiger partial charge on any atom is 0.341 e. The van der Waals surface area contributed by atoms with Crippen LogP contribution in [0.25, 0.3) is 0 Å². The number of hydrogen-bond acceptors (Lipinski definition) is 6. The zero-order valence-electron chi connectivity index (χ0n) is 16.1. The molecule has 2 aromatic rings. The van der Waals surface area contributed by atoms with Crippen LogP contribution in [0, 0.1) is 6.92 Å². The maximum absolute atomic E-state index is 12.2. The summed E-state index contributed by atoms with van der Waals surface area (Å²) in [5, 5.41) is 7.40. The van der Waals surface area contributed by atoms with Crippen molar-refractivity contribution in [1.29, 1.82) is 0 Å². The Balaban J connectivity index is 2.09. The van der Waals surface area contributed by atoms with Gasteiger partial charge in [0.2, 0.25) is 0 Å². The van der Waals surface area contributed by atoms with Gasteiger partial charge in [0.25, 0.3) is 0 Å². The average molecular weight is 409 g/mol. The average Bonchev–Trinajstić information content (AvgIpc) is 2.99. The highest BCUT2D eigenvalue weighted by atomic mass is 32.1. The Hall–Kier alpha value is -2.32. The number of nitrogens with one attached hydrogen (secondary N) is 2. The summed E-state index contributed by atoms with van der Waals surface area (Å²) >= 11 is 6.89. The lowest BCUT2D eigenvalue weighted by atomic mass is 10.1. The van der Waals surface area contributed by atoms with E-state index in [1.165, 1.54) is 18.4 Å². The normalized spacial score (nSPS) is 10.3. The van der Waals surface area contributed by atoms with Gasteiger partial charge in [-0.3, -0.25) is 0 Å².